The van der Waals surface area contributed by atoms with Gasteiger partial charge in [-0.1, -0.05) is 36.4 Å². The fraction of sp³-hybridized carbons (Fsp3) is 0.0909. The minimum atomic E-state index is -0.394. The van der Waals surface area contributed by atoms with Gasteiger partial charge in [0.1, 0.15) is 0 Å². The molecule has 0 spiro atoms. The Bertz CT molecular complexity index is 885. The first kappa shape index (κ1) is 18.2. The molecule has 0 heterocycles. The summed E-state index contributed by atoms with van der Waals surface area (Å²) in [5.74, 6) is 0.458. The molecule has 0 aliphatic carbocycles. The van der Waals surface area contributed by atoms with Crippen molar-refractivity contribution in [2.45, 2.75) is 6.92 Å². The number of carbonyl (C=O) groups excluding carboxylic acids is 1. The van der Waals surface area contributed by atoms with Gasteiger partial charge >= 0.3 is 5.97 Å². The van der Waals surface area contributed by atoms with Gasteiger partial charge in [0.15, 0.2) is 11.5 Å². The van der Waals surface area contributed by atoms with E-state index >= 15 is 0 Å². The lowest BCUT2D eigenvalue weighted by Crippen LogP contribution is -2.09. The van der Waals surface area contributed by atoms with Crippen molar-refractivity contribution in [2.75, 3.05) is 12.1 Å². The Morgan fingerprint density at radius 2 is 1.48 bits per heavy atom. The molecule has 0 aliphatic heterocycles. The number of rotatable bonds is 6. The highest BCUT2D eigenvalue weighted by molar-refractivity contribution is 5.83. The van der Waals surface area contributed by atoms with Gasteiger partial charge in [0, 0.05) is 6.92 Å². The van der Waals surface area contributed by atoms with Crippen LogP contribution < -0.4 is 14.5 Å². The number of nitrogens with zero attached hydrogens (tertiary/aromatic N) is 2. The van der Waals surface area contributed by atoms with Gasteiger partial charge in [0.05, 0.1) is 24.7 Å². The molecule has 0 amide bonds. The number of para-hydroxylation sites is 2. The van der Waals surface area contributed by atoms with Crippen molar-refractivity contribution in [3.63, 3.8) is 0 Å². The van der Waals surface area contributed by atoms with Crippen molar-refractivity contribution >= 4 is 23.6 Å². The summed E-state index contributed by atoms with van der Waals surface area (Å²) < 4.78 is 10.4. The average molecular weight is 360 g/mol. The number of hydrogen-bond acceptors (Lipinski definition) is 5. The summed E-state index contributed by atoms with van der Waals surface area (Å²) >= 11 is 0. The van der Waals surface area contributed by atoms with Crippen LogP contribution in [0.2, 0.25) is 0 Å². The molecule has 136 valence electrons. The third-order valence-electron chi connectivity index (χ3n) is 3.77. The molecule has 0 atom stereocenters. The molecule has 0 saturated carbocycles. The monoisotopic (exact) mass is 360 g/mol. The smallest absolute Gasteiger partial charge is 0.308 e. The van der Waals surface area contributed by atoms with Crippen LogP contribution in [0, 0.1) is 0 Å². The number of hydrazone groups is 1. The second-order valence-electron chi connectivity index (χ2n) is 5.73. The summed E-state index contributed by atoms with van der Waals surface area (Å²) in [5.41, 5.74) is 2.71. The second kappa shape index (κ2) is 8.67. The van der Waals surface area contributed by atoms with Crippen molar-refractivity contribution in [1.82, 2.24) is 0 Å². The first-order chi connectivity index (χ1) is 13.2. The normalized spacial score (nSPS) is 10.6. The maximum atomic E-state index is 11.2. The Kier molecular flexibility index (Phi) is 5.84. The minimum Gasteiger partial charge on any atom is -0.493 e. The second-order valence-corrected chi connectivity index (χ2v) is 5.73. The third-order valence-corrected chi connectivity index (χ3v) is 3.77. The molecular formula is C22H20N2O3. The Morgan fingerprint density at radius 1 is 0.889 bits per heavy atom. The fourth-order valence-corrected chi connectivity index (χ4v) is 2.55. The van der Waals surface area contributed by atoms with E-state index in [-0.39, 0.29) is 0 Å². The molecule has 3 aromatic carbocycles. The van der Waals surface area contributed by atoms with Gasteiger partial charge in [-0.05, 0) is 48.0 Å². The zero-order chi connectivity index (χ0) is 19.1. The first-order valence-corrected chi connectivity index (χ1v) is 8.48. The number of anilines is 2. The number of carbonyl (C=O) groups is 1. The van der Waals surface area contributed by atoms with Crippen LogP contribution in [0.15, 0.2) is 84.0 Å². The number of benzene rings is 3. The molecule has 0 saturated heterocycles. The molecular weight excluding hydrogens is 340 g/mol. The molecule has 0 bridgehead atoms. The van der Waals surface area contributed by atoms with Crippen LogP contribution in [0.25, 0.3) is 0 Å². The van der Waals surface area contributed by atoms with Gasteiger partial charge in [-0.15, -0.1) is 0 Å². The lowest BCUT2D eigenvalue weighted by Gasteiger charge is -2.19. The quantitative estimate of drug-likeness (QED) is 0.274. The summed E-state index contributed by atoms with van der Waals surface area (Å²) in [7, 11) is 1.53. The molecule has 5 heteroatoms. The van der Waals surface area contributed by atoms with E-state index in [1.807, 2.05) is 71.7 Å². The van der Waals surface area contributed by atoms with E-state index in [1.54, 1.807) is 18.3 Å². The van der Waals surface area contributed by atoms with Crippen LogP contribution in [0.3, 0.4) is 0 Å². The van der Waals surface area contributed by atoms with Crippen LogP contribution >= 0.6 is 0 Å². The summed E-state index contributed by atoms with van der Waals surface area (Å²) in [4.78, 5) is 11.2. The summed E-state index contributed by atoms with van der Waals surface area (Å²) in [5, 5.41) is 6.50. The Labute approximate surface area is 158 Å². The molecule has 3 rings (SSSR count). The van der Waals surface area contributed by atoms with E-state index in [1.165, 1.54) is 14.0 Å². The van der Waals surface area contributed by atoms with Crippen molar-refractivity contribution in [2.24, 2.45) is 5.10 Å². The molecule has 0 aliphatic rings. The van der Waals surface area contributed by atoms with Gasteiger partial charge in [-0.3, -0.25) is 4.79 Å². The topological polar surface area (TPSA) is 51.1 Å². The minimum absolute atomic E-state index is 0.380. The molecule has 5 nitrogen and oxygen atoms in total. The molecule has 0 unspecified atom stereocenters. The van der Waals surface area contributed by atoms with E-state index in [2.05, 4.69) is 5.10 Å². The predicted octanol–water partition coefficient (Wildman–Crippen LogP) is 4.79. The molecule has 0 N–H and O–H groups in total. The Hall–Kier alpha value is -3.60. The maximum absolute atomic E-state index is 11.2. The van der Waals surface area contributed by atoms with Crippen LogP contribution in [0.4, 0.5) is 11.4 Å². The molecule has 0 aromatic heterocycles. The summed E-state index contributed by atoms with van der Waals surface area (Å²) in [6.45, 7) is 1.35. The van der Waals surface area contributed by atoms with E-state index in [4.69, 9.17) is 9.47 Å². The summed E-state index contributed by atoms with van der Waals surface area (Å²) in [6.07, 6.45) is 1.74. The molecule has 27 heavy (non-hydrogen) atoms. The number of hydrogen-bond donors (Lipinski definition) is 0. The number of ether oxygens (including phenoxy) is 2. The zero-order valence-electron chi connectivity index (χ0n) is 15.2. The Balaban J connectivity index is 1.92. The Morgan fingerprint density at radius 3 is 2.00 bits per heavy atom. The van der Waals surface area contributed by atoms with E-state index < -0.39 is 5.97 Å². The maximum Gasteiger partial charge on any atom is 0.308 e. The average Bonchev–Trinajstić information content (AvgIpc) is 2.70. The summed E-state index contributed by atoms with van der Waals surface area (Å²) in [6, 6.07) is 25.1. The molecule has 0 radical (unpaired) electrons. The zero-order valence-corrected chi connectivity index (χ0v) is 15.2. The lowest BCUT2D eigenvalue weighted by molar-refractivity contribution is -0.132. The van der Waals surface area contributed by atoms with Gasteiger partial charge < -0.3 is 9.47 Å². The van der Waals surface area contributed by atoms with E-state index in [0.29, 0.717) is 11.5 Å². The van der Waals surface area contributed by atoms with Crippen molar-refractivity contribution in [3.8, 4) is 11.5 Å². The van der Waals surface area contributed by atoms with Crippen LogP contribution in [0.5, 0.6) is 11.5 Å². The van der Waals surface area contributed by atoms with Gasteiger partial charge in [-0.25, -0.2) is 5.01 Å². The van der Waals surface area contributed by atoms with Crippen LogP contribution in [-0.4, -0.2) is 19.3 Å². The molecule has 0 fully saturated rings. The van der Waals surface area contributed by atoms with Gasteiger partial charge in [0.2, 0.25) is 0 Å². The number of methoxy groups -OCH3 is 1. The standard InChI is InChI=1S/C22H20N2O3/c1-17(25)27-21-14-13-18(15-22(21)26-2)16-23-24(19-9-5-3-6-10-19)20-11-7-4-8-12-20/h3-16H,1-2H3. The lowest BCUT2D eigenvalue weighted by atomic mass is 10.2. The highest BCUT2D eigenvalue weighted by atomic mass is 16.6. The molecule has 3 aromatic rings. The third kappa shape index (κ3) is 4.73. The predicted molar refractivity (Wildman–Crippen MR) is 107 cm³/mol. The van der Waals surface area contributed by atoms with E-state index in [9.17, 15) is 4.79 Å². The highest BCUT2D eigenvalue weighted by Crippen LogP contribution is 2.28. The largest absolute Gasteiger partial charge is 0.493 e. The SMILES string of the molecule is COc1cc(C=NN(c2ccccc2)c2ccccc2)ccc1OC(C)=O. The van der Waals surface area contributed by atoms with Crippen molar-refractivity contribution in [1.29, 1.82) is 0 Å². The van der Waals surface area contributed by atoms with Crippen molar-refractivity contribution < 1.29 is 14.3 Å². The van der Waals surface area contributed by atoms with E-state index in [0.717, 1.165) is 16.9 Å². The fourth-order valence-electron chi connectivity index (χ4n) is 2.55. The van der Waals surface area contributed by atoms with Gasteiger partial charge in [-0.2, -0.15) is 5.10 Å². The number of esters is 1. The first-order valence-electron chi connectivity index (χ1n) is 8.48. The van der Waals surface area contributed by atoms with Gasteiger partial charge in [0.25, 0.3) is 0 Å². The highest BCUT2D eigenvalue weighted by Gasteiger charge is 2.09. The van der Waals surface area contributed by atoms with Crippen LogP contribution in [-0.2, 0) is 4.79 Å². The van der Waals surface area contributed by atoms with Crippen molar-refractivity contribution in [3.05, 3.63) is 84.4 Å². The van der Waals surface area contributed by atoms with Crippen LogP contribution in [0.1, 0.15) is 12.5 Å².